The molecule has 2 aliphatic rings. The van der Waals surface area contributed by atoms with Crippen molar-refractivity contribution in [2.45, 2.75) is 32.2 Å². The molecule has 0 fully saturated rings. The zero-order valence-corrected chi connectivity index (χ0v) is 14.4. The van der Waals surface area contributed by atoms with Gasteiger partial charge >= 0.3 is 0 Å². The van der Waals surface area contributed by atoms with Crippen molar-refractivity contribution in [3.63, 3.8) is 0 Å². The van der Waals surface area contributed by atoms with E-state index in [1.165, 1.54) is 11.1 Å². The molecular weight excluding hydrogens is 312 g/mol. The van der Waals surface area contributed by atoms with E-state index in [1.807, 2.05) is 6.07 Å². The Bertz CT molecular complexity index is 926. The molecule has 25 heavy (non-hydrogen) atoms. The van der Waals surface area contributed by atoms with Gasteiger partial charge in [-0.15, -0.1) is 0 Å². The Labute approximate surface area is 147 Å². The van der Waals surface area contributed by atoms with Crippen molar-refractivity contribution in [1.29, 1.82) is 5.26 Å². The number of hydrogen-bond acceptors (Lipinski definition) is 5. The van der Waals surface area contributed by atoms with Crippen molar-refractivity contribution >= 4 is 6.02 Å². The number of nitriles is 1. The molecule has 2 heterocycles. The van der Waals surface area contributed by atoms with Gasteiger partial charge in [-0.25, -0.2) is 4.99 Å². The average molecular weight is 332 g/mol. The normalized spacial score (nSPS) is 23.5. The van der Waals surface area contributed by atoms with Crippen LogP contribution in [0.15, 0.2) is 41.7 Å². The van der Waals surface area contributed by atoms with Gasteiger partial charge in [0, 0.05) is 18.0 Å². The second kappa shape index (κ2) is 5.32. The predicted molar refractivity (Wildman–Crippen MR) is 95.7 cm³/mol. The third-order valence-electron chi connectivity index (χ3n) is 5.03. The van der Waals surface area contributed by atoms with E-state index >= 15 is 0 Å². The average Bonchev–Trinajstić information content (AvgIpc) is 2.94. The Morgan fingerprint density at radius 1 is 1.20 bits per heavy atom. The van der Waals surface area contributed by atoms with Gasteiger partial charge < -0.3 is 10.5 Å². The number of amidine groups is 1. The maximum absolute atomic E-state index is 9.12. The van der Waals surface area contributed by atoms with Gasteiger partial charge in [0.05, 0.1) is 5.56 Å². The van der Waals surface area contributed by atoms with Crippen LogP contribution >= 0.6 is 0 Å². The van der Waals surface area contributed by atoms with Crippen molar-refractivity contribution in [2.24, 2.45) is 16.1 Å². The minimum atomic E-state index is -0.419. The Balaban J connectivity index is 1.86. The van der Waals surface area contributed by atoms with Crippen LogP contribution in [0.25, 0.3) is 11.1 Å². The summed E-state index contributed by atoms with van der Waals surface area (Å²) in [7, 11) is 0. The topological polar surface area (TPSA) is 84.3 Å². The zero-order chi connectivity index (χ0) is 17.7. The molecule has 2 N–H and O–H groups in total. The van der Waals surface area contributed by atoms with E-state index in [-0.39, 0.29) is 11.4 Å². The second-order valence-corrected chi connectivity index (χ2v) is 7.73. The molecule has 1 aromatic heterocycles. The summed E-state index contributed by atoms with van der Waals surface area (Å²) in [6.45, 7) is 5.00. The van der Waals surface area contributed by atoms with Crippen LogP contribution in [0, 0.1) is 16.7 Å². The lowest BCUT2D eigenvalue weighted by Crippen LogP contribution is -2.39. The highest BCUT2D eigenvalue weighted by Crippen LogP contribution is 2.49. The van der Waals surface area contributed by atoms with Crippen LogP contribution in [0.3, 0.4) is 0 Å². The van der Waals surface area contributed by atoms with Gasteiger partial charge in [-0.2, -0.15) is 5.26 Å². The summed E-state index contributed by atoms with van der Waals surface area (Å²) in [6.07, 6.45) is 5.25. The third-order valence-corrected chi connectivity index (χ3v) is 5.03. The highest BCUT2D eigenvalue weighted by molar-refractivity contribution is 5.75. The van der Waals surface area contributed by atoms with Crippen LogP contribution < -0.4 is 5.73 Å². The number of pyridine rings is 1. The first-order valence-electron chi connectivity index (χ1n) is 8.38. The second-order valence-electron chi connectivity index (χ2n) is 7.73. The Hall–Kier alpha value is -2.87. The number of nitrogens with zero attached hydrogens (tertiary/aromatic N) is 3. The quantitative estimate of drug-likeness (QED) is 0.869. The number of nitrogens with two attached hydrogens (primary N) is 1. The van der Waals surface area contributed by atoms with E-state index in [2.05, 4.69) is 48.1 Å². The summed E-state index contributed by atoms with van der Waals surface area (Å²) in [5.74, 6) is 0. The summed E-state index contributed by atoms with van der Waals surface area (Å²) < 4.78 is 5.55. The monoisotopic (exact) mass is 332 g/mol. The fraction of sp³-hybridized carbons (Fsp3) is 0.350. The molecule has 5 nitrogen and oxygen atoms in total. The van der Waals surface area contributed by atoms with E-state index in [4.69, 9.17) is 15.7 Å². The van der Waals surface area contributed by atoms with Gasteiger partial charge in [0.15, 0.2) is 0 Å². The molecule has 0 amide bonds. The molecule has 4 rings (SSSR count). The summed E-state index contributed by atoms with van der Waals surface area (Å²) in [4.78, 5) is 8.86. The zero-order valence-electron chi connectivity index (χ0n) is 14.4. The molecule has 1 unspecified atom stereocenters. The van der Waals surface area contributed by atoms with Crippen LogP contribution in [0.1, 0.15) is 37.0 Å². The molecule has 2 aromatic rings. The first-order chi connectivity index (χ1) is 11.9. The first-order valence-corrected chi connectivity index (χ1v) is 8.38. The molecule has 1 spiro atoms. The third kappa shape index (κ3) is 2.64. The van der Waals surface area contributed by atoms with Gasteiger partial charge in [-0.05, 0) is 47.1 Å². The van der Waals surface area contributed by atoms with Crippen molar-refractivity contribution in [1.82, 2.24) is 4.98 Å². The Kier molecular flexibility index (Phi) is 3.33. The predicted octanol–water partition coefficient (Wildman–Crippen LogP) is 3.13. The van der Waals surface area contributed by atoms with Gasteiger partial charge in [0.1, 0.15) is 18.2 Å². The number of rotatable bonds is 1. The molecule has 0 saturated carbocycles. The molecule has 1 aromatic carbocycles. The highest BCUT2D eigenvalue weighted by Gasteiger charge is 2.47. The lowest BCUT2D eigenvalue weighted by Gasteiger charge is -2.41. The number of ether oxygens (including phenoxy) is 1. The minimum Gasteiger partial charge on any atom is -0.462 e. The smallest absolute Gasteiger partial charge is 0.283 e. The SMILES string of the molecule is CC1(C)Cc2ccc(-c3cncc(C#N)c3)cc2C2(COC(N)=N2)C1. The van der Waals surface area contributed by atoms with Crippen LogP contribution in [0.5, 0.6) is 0 Å². The van der Waals surface area contributed by atoms with E-state index in [9.17, 15) is 0 Å². The minimum absolute atomic E-state index is 0.133. The Morgan fingerprint density at radius 3 is 2.76 bits per heavy atom. The van der Waals surface area contributed by atoms with Crippen LogP contribution in [0.4, 0.5) is 0 Å². The molecule has 0 saturated heterocycles. The van der Waals surface area contributed by atoms with E-state index in [0.29, 0.717) is 12.2 Å². The van der Waals surface area contributed by atoms with Crippen molar-refractivity contribution in [3.05, 3.63) is 53.3 Å². The first kappa shape index (κ1) is 15.6. The largest absolute Gasteiger partial charge is 0.462 e. The Morgan fingerprint density at radius 2 is 2.04 bits per heavy atom. The summed E-state index contributed by atoms with van der Waals surface area (Å²) >= 11 is 0. The summed E-state index contributed by atoms with van der Waals surface area (Å²) in [6, 6.07) is 10.7. The molecule has 1 aliphatic heterocycles. The fourth-order valence-electron chi connectivity index (χ4n) is 4.16. The van der Waals surface area contributed by atoms with Crippen molar-refractivity contribution < 1.29 is 4.74 Å². The van der Waals surface area contributed by atoms with Crippen molar-refractivity contribution in [2.75, 3.05) is 6.61 Å². The molecule has 126 valence electrons. The number of aromatic nitrogens is 1. The summed E-state index contributed by atoms with van der Waals surface area (Å²) in [5, 5.41) is 9.12. The number of hydrogen-bond donors (Lipinski definition) is 1. The maximum atomic E-state index is 9.12. The molecule has 5 heteroatoms. The van der Waals surface area contributed by atoms with E-state index in [1.54, 1.807) is 12.4 Å². The van der Waals surface area contributed by atoms with Gasteiger partial charge in [-0.1, -0.05) is 26.0 Å². The molecule has 1 atom stereocenters. The number of fused-ring (bicyclic) bond motifs is 2. The molecule has 0 bridgehead atoms. The van der Waals surface area contributed by atoms with Gasteiger partial charge in [0.2, 0.25) is 0 Å². The van der Waals surface area contributed by atoms with Gasteiger partial charge in [0.25, 0.3) is 6.02 Å². The van der Waals surface area contributed by atoms with Crippen molar-refractivity contribution in [3.8, 4) is 17.2 Å². The lowest BCUT2D eigenvalue weighted by molar-refractivity contribution is 0.163. The van der Waals surface area contributed by atoms with E-state index in [0.717, 1.165) is 24.0 Å². The lowest BCUT2D eigenvalue weighted by atomic mass is 9.65. The standard InChI is InChI=1S/C20H20N4O/c1-19(2)7-15-4-3-14(16-5-13(8-21)9-23-10-16)6-17(15)20(11-19)12-25-18(22)24-20/h3-6,9-10H,7,11-12H2,1-2H3,(H2,22,24). The van der Waals surface area contributed by atoms with E-state index < -0.39 is 5.54 Å². The molecule has 1 aliphatic carbocycles. The van der Waals surface area contributed by atoms with Crippen LogP contribution in [-0.4, -0.2) is 17.6 Å². The number of aliphatic imine (C=N–C) groups is 1. The molecule has 0 radical (unpaired) electrons. The van der Waals surface area contributed by atoms with Crippen LogP contribution in [0.2, 0.25) is 0 Å². The van der Waals surface area contributed by atoms with Crippen LogP contribution in [-0.2, 0) is 16.7 Å². The number of benzene rings is 1. The van der Waals surface area contributed by atoms with Gasteiger partial charge in [-0.3, -0.25) is 4.98 Å². The fourth-order valence-corrected chi connectivity index (χ4v) is 4.16. The molecular formula is C20H20N4O. The highest BCUT2D eigenvalue weighted by atomic mass is 16.5. The summed E-state index contributed by atoms with van der Waals surface area (Å²) in [5.41, 5.74) is 10.5. The maximum Gasteiger partial charge on any atom is 0.283 e.